The average molecular weight is 225 g/mol. The van der Waals surface area contributed by atoms with Crippen LogP contribution in [0.2, 0.25) is 0 Å². The highest BCUT2D eigenvalue weighted by atomic mass is 35.5. The fourth-order valence-corrected chi connectivity index (χ4v) is 1.42. The maximum Gasteiger partial charge on any atom is 0.282 e. The summed E-state index contributed by atoms with van der Waals surface area (Å²) in [5.74, 6) is -0.290. The van der Waals surface area contributed by atoms with Crippen LogP contribution in [0.1, 0.15) is 33.6 Å². The van der Waals surface area contributed by atoms with Crippen molar-refractivity contribution in [2.45, 2.75) is 39.6 Å². The topological polar surface area (TPSA) is 27.7 Å². The van der Waals surface area contributed by atoms with Crippen LogP contribution in [0.25, 0.3) is 0 Å². The molecule has 0 aromatic heterocycles. The van der Waals surface area contributed by atoms with Gasteiger partial charge in [0, 0.05) is 32.1 Å². The van der Waals surface area contributed by atoms with E-state index in [1.165, 1.54) is 0 Å². The number of alkyl halides is 1. The molecule has 0 atom stereocenters. The van der Waals surface area contributed by atoms with Gasteiger partial charge in [-0.05, 0) is 27.2 Å². The van der Waals surface area contributed by atoms with Gasteiger partial charge in [-0.3, -0.25) is 0 Å². The number of hydrogen-bond acceptors (Lipinski definition) is 3. The van der Waals surface area contributed by atoms with Crippen LogP contribution in [0, 0.1) is 0 Å². The molecule has 0 saturated carbocycles. The van der Waals surface area contributed by atoms with Gasteiger partial charge in [-0.1, -0.05) is 0 Å². The standard InChI is InChI=1S/C10H21ClO3/c1-4-12-10(13-5-2,14-6-3)8-7-9-11/h4-9H2,1-3H3. The first-order chi connectivity index (χ1) is 6.74. The molecule has 3 nitrogen and oxygen atoms in total. The van der Waals surface area contributed by atoms with E-state index in [0.29, 0.717) is 32.1 Å². The first kappa shape index (κ1) is 14.2. The number of ether oxygens (including phenoxy) is 3. The summed E-state index contributed by atoms with van der Waals surface area (Å²) in [6.07, 6.45) is 1.49. The van der Waals surface area contributed by atoms with E-state index in [9.17, 15) is 0 Å². The molecule has 0 bridgehead atoms. The summed E-state index contributed by atoms with van der Waals surface area (Å²) in [7, 11) is 0. The highest BCUT2D eigenvalue weighted by molar-refractivity contribution is 6.17. The molecule has 0 amide bonds. The Kier molecular flexibility index (Phi) is 8.58. The van der Waals surface area contributed by atoms with Crippen molar-refractivity contribution in [3.05, 3.63) is 0 Å². The summed E-state index contributed by atoms with van der Waals surface area (Å²) in [6.45, 7) is 7.49. The fourth-order valence-electron chi connectivity index (χ4n) is 1.28. The van der Waals surface area contributed by atoms with E-state index >= 15 is 0 Å². The molecule has 0 aromatic rings. The van der Waals surface area contributed by atoms with Crippen molar-refractivity contribution >= 4 is 11.6 Å². The molecule has 0 rings (SSSR count). The normalized spacial score (nSPS) is 12.0. The van der Waals surface area contributed by atoms with Crippen LogP contribution in [0.4, 0.5) is 0 Å². The van der Waals surface area contributed by atoms with E-state index in [4.69, 9.17) is 25.8 Å². The van der Waals surface area contributed by atoms with Crippen LogP contribution >= 0.6 is 11.6 Å². The molecule has 0 fully saturated rings. The third-order valence-electron chi connectivity index (χ3n) is 1.71. The Hall–Kier alpha value is 0.170. The third-order valence-corrected chi connectivity index (χ3v) is 1.98. The molecule has 4 heteroatoms. The minimum atomic E-state index is -0.882. The minimum absolute atomic E-state index is 0.572. The largest absolute Gasteiger partial charge is 0.328 e. The minimum Gasteiger partial charge on any atom is -0.328 e. The van der Waals surface area contributed by atoms with Crippen LogP contribution in [0.5, 0.6) is 0 Å². The first-order valence-electron chi connectivity index (χ1n) is 5.22. The van der Waals surface area contributed by atoms with Gasteiger partial charge in [0.1, 0.15) is 0 Å². The van der Waals surface area contributed by atoms with Crippen molar-refractivity contribution in [1.29, 1.82) is 0 Å². The lowest BCUT2D eigenvalue weighted by Gasteiger charge is -2.32. The predicted octanol–water partition coefficient (Wildman–Crippen LogP) is 2.77. The van der Waals surface area contributed by atoms with Gasteiger partial charge < -0.3 is 14.2 Å². The highest BCUT2D eigenvalue weighted by Crippen LogP contribution is 2.22. The van der Waals surface area contributed by atoms with Gasteiger partial charge in [-0.15, -0.1) is 11.6 Å². The highest BCUT2D eigenvalue weighted by Gasteiger charge is 2.31. The Labute approximate surface area is 91.7 Å². The molecule has 0 radical (unpaired) electrons. The number of hydrogen-bond donors (Lipinski definition) is 0. The lowest BCUT2D eigenvalue weighted by atomic mass is 10.3. The van der Waals surface area contributed by atoms with Gasteiger partial charge in [0.2, 0.25) is 0 Å². The molecule has 0 aliphatic carbocycles. The molecule has 14 heavy (non-hydrogen) atoms. The Morgan fingerprint density at radius 1 is 0.929 bits per heavy atom. The zero-order valence-corrected chi connectivity index (χ0v) is 10.1. The molecule has 0 aromatic carbocycles. The molecule has 0 saturated heterocycles. The van der Waals surface area contributed by atoms with E-state index in [-0.39, 0.29) is 0 Å². The molecule has 0 heterocycles. The summed E-state index contributed by atoms with van der Waals surface area (Å²) < 4.78 is 16.5. The third kappa shape index (κ3) is 5.15. The van der Waals surface area contributed by atoms with Gasteiger partial charge in [-0.25, -0.2) is 0 Å². The van der Waals surface area contributed by atoms with Crippen LogP contribution in [-0.4, -0.2) is 31.7 Å². The second-order valence-corrected chi connectivity index (χ2v) is 3.15. The summed E-state index contributed by atoms with van der Waals surface area (Å²) in [5.41, 5.74) is 0. The van der Waals surface area contributed by atoms with Crippen LogP contribution in [0.15, 0.2) is 0 Å². The zero-order valence-electron chi connectivity index (χ0n) is 9.35. The second kappa shape index (κ2) is 8.48. The smallest absolute Gasteiger partial charge is 0.282 e. The molecular formula is C10H21ClO3. The average Bonchev–Trinajstić information content (AvgIpc) is 2.16. The van der Waals surface area contributed by atoms with Crippen molar-refractivity contribution in [3.8, 4) is 0 Å². The second-order valence-electron chi connectivity index (χ2n) is 2.77. The Morgan fingerprint density at radius 2 is 1.36 bits per heavy atom. The SMILES string of the molecule is CCOC(CCCCl)(OCC)OCC. The lowest BCUT2D eigenvalue weighted by Crippen LogP contribution is -2.39. The molecule has 0 spiro atoms. The van der Waals surface area contributed by atoms with Gasteiger partial charge in [0.05, 0.1) is 0 Å². The monoisotopic (exact) mass is 224 g/mol. The molecular weight excluding hydrogens is 204 g/mol. The Bertz CT molecular complexity index is 114. The maximum atomic E-state index is 5.64. The van der Waals surface area contributed by atoms with E-state index in [1.54, 1.807) is 0 Å². The van der Waals surface area contributed by atoms with Crippen LogP contribution < -0.4 is 0 Å². The van der Waals surface area contributed by atoms with Crippen molar-refractivity contribution in [3.63, 3.8) is 0 Å². The molecule has 0 unspecified atom stereocenters. The molecule has 0 aliphatic heterocycles. The van der Waals surface area contributed by atoms with Crippen molar-refractivity contribution in [2.75, 3.05) is 25.7 Å². The Balaban J connectivity index is 4.21. The summed E-state index contributed by atoms with van der Waals surface area (Å²) in [5, 5.41) is 0. The van der Waals surface area contributed by atoms with Gasteiger partial charge in [0.15, 0.2) is 0 Å². The van der Waals surface area contributed by atoms with E-state index < -0.39 is 5.97 Å². The van der Waals surface area contributed by atoms with Gasteiger partial charge in [0.25, 0.3) is 5.97 Å². The Morgan fingerprint density at radius 3 is 1.64 bits per heavy atom. The first-order valence-corrected chi connectivity index (χ1v) is 5.76. The lowest BCUT2D eigenvalue weighted by molar-refractivity contribution is -0.379. The van der Waals surface area contributed by atoms with Gasteiger partial charge >= 0.3 is 0 Å². The van der Waals surface area contributed by atoms with Crippen LogP contribution in [0.3, 0.4) is 0 Å². The van der Waals surface area contributed by atoms with Crippen molar-refractivity contribution in [2.24, 2.45) is 0 Å². The van der Waals surface area contributed by atoms with E-state index in [0.717, 1.165) is 6.42 Å². The maximum absolute atomic E-state index is 5.64. The molecule has 86 valence electrons. The van der Waals surface area contributed by atoms with Crippen LogP contribution in [-0.2, 0) is 14.2 Å². The van der Waals surface area contributed by atoms with Crippen molar-refractivity contribution in [1.82, 2.24) is 0 Å². The van der Waals surface area contributed by atoms with E-state index in [2.05, 4.69) is 0 Å². The number of rotatable bonds is 9. The predicted molar refractivity (Wildman–Crippen MR) is 57.6 cm³/mol. The quantitative estimate of drug-likeness (QED) is 0.445. The van der Waals surface area contributed by atoms with Crippen molar-refractivity contribution < 1.29 is 14.2 Å². The summed E-state index contributed by atoms with van der Waals surface area (Å²) in [6, 6.07) is 0. The zero-order chi connectivity index (χ0) is 10.9. The van der Waals surface area contributed by atoms with E-state index in [1.807, 2.05) is 20.8 Å². The van der Waals surface area contributed by atoms with Gasteiger partial charge in [-0.2, -0.15) is 0 Å². The summed E-state index contributed by atoms with van der Waals surface area (Å²) in [4.78, 5) is 0. The fraction of sp³-hybridized carbons (Fsp3) is 1.00. The number of halogens is 1. The molecule has 0 N–H and O–H groups in total. The summed E-state index contributed by atoms with van der Waals surface area (Å²) >= 11 is 5.64. The molecule has 0 aliphatic rings.